The van der Waals surface area contributed by atoms with Gasteiger partial charge < -0.3 is 5.32 Å². The van der Waals surface area contributed by atoms with Crippen molar-refractivity contribution in [3.05, 3.63) is 52.9 Å². The van der Waals surface area contributed by atoms with Crippen LogP contribution in [0.4, 0.5) is 15.9 Å². The van der Waals surface area contributed by atoms with E-state index in [1.165, 1.54) is 34.8 Å². The number of aromatic nitrogens is 1. The molecule has 0 radical (unpaired) electrons. The van der Waals surface area contributed by atoms with E-state index >= 15 is 0 Å². The molecule has 3 rings (SSSR count). The fourth-order valence-electron chi connectivity index (χ4n) is 3.22. The molecular weight excluding hydrogens is 393 g/mol. The van der Waals surface area contributed by atoms with Gasteiger partial charge in [-0.25, -0.2) is 17.8 Å². The van der Waals surface area contributed by atoms with Crippen molar-refractivity contribution in [2.75, 3.05) is 15.9 Å². The Morgan fingerprint density at radius 3 is 2.59 bits per heavy atom. The number of carbonyl (C=O) groups excluding carboxylic acids is 1. The van der Waals surface area contributed by atoms with Crippen molar-refractivity contribution in [2.24, 2.45) is 0 Å². The Balaban J connectivity index is 1.87. The van der Waals surface area contributed by atoms with Gasteiger partial charge in [0.05, 0.1) is 11.3 Å². The number of pyridine rings is 1. The van der Waals surface area contributed by atoms with Gasteiger partial charge in [0.1, 0.15) is 11.6 Å². The van der Waals surface area contributed by atoms with Gasteiger partial charge in [0.15, 0.2) is 0 Å². The molecule has 1 aromatic carbocycles. The van der Waals surface area contributed by atoms with Gasteiger partial charge in [0, 0.05) is 23.5 Å². The van der Waals surface area contributed by atoms with Gasteiger partial charge >= 0.3 is 0 Å². The van der Waals surface area contributed by atoms with Crippen LogP contribution in [0.25, 0.3) is 0 Å². The third-order valence-electron chi connectivity index (χ3n) is 4.42. The van der Waals surface area contributed by atoms with Crippen LogP contribution in [0.1, 0.15) is 36.0 Å². The van der Waals surface area contributed by atoms with Crippen molar-refractivity contribution in [3.63, 3.8) is 0 Å². The standard InChI is InChI=1S/C18H19ClFN3O3S/c1-27(25,26)23(14-4-2-3-5-14)17-10-12(8-9-21-17)18(24)22-13-6-7-16(20)15(19)11-13/h6-11,14H,2-5H2,1H3,(H,22,24). The summed E-state index contributed by atoms with van der Waals surface area (Å²) in [4.78, 5) is 16.7. The SMILES string of the molecule is CS(=O)(=O)N(c1cc(C(=O)Nc2ccc(F)c(Cl)c2)ccn1)C1CCCC1. The maximum atomic E-state index is 13.2. The molecule has 0 aliphatic heterocycles. The highest BCUT2D eigenvalue weighted by Gasteiger charge is 2.30. The molecule has 1 fully saturated rings. The summed E-state index contributed by atoms with van der Waals surface area (Å²) in [5.41, 5.74) is 0.576. The summed E-state index contributed by atoms with van der Waals surface area (Å²) < 4.78 is 39.1. The minimum atomic E-state index is -3.53. The van der Waals surface area contributed by atoms with Crippen LogP contribution in [0.3, 0.4) is 0 Å². The predicted molar refractivity (Wildman–Crippen MR) is 103 cm³/mol. The number of anilines is 2. The highest BCUT2D eigenvalue weighted by atomic mass is 35.5. The zero-order chi connectivity index (χ0) is 19.6. The van der Waals surface area contributed by atoms with Crippen LogP contribution in [0.2, 0.25) is 5.02 Å². The molecule has 1 aliphatic rings. The maximum Gasteiger partial charge on any atom is 0.255 e. The van der Waals surface area contributed by atoms with E-state index in [1.54, 1.807) is 0 Å². The highest BCUT2D eigenvalue weighted by Crippen LogP contribution is 2.30. The monoisotopic (exact) mass is 411 g/mol. The lowest BCUT2D eigenvalue weighted by Crippen LogP contribution is -2.38. The molecule has 1 aliphatic carbocycles. The zero-order valence-electron chi connectivity index (χ0n) is 14.7. The third kappa shape index (κ3) is 4.56. The van der Waals surface area contributed by atoms with Gasteiger partial charge in [-0.1, -0.05) is 24.4 Å². The maximum absolute atomic E-state index is 13.2. The Morgan fingerprint density at radius 1 is 1.26 bits per heavy atom. The van der Waals surface area contributed by atoms with Gasteiger partial charge in [0.25, 0.3) is 5.91 Å². The topological polar surface area (TPSA) is 79.4 Å². The van der Waals surface area contributed by atoms with E-state index in [0.29, 0.717) is 5.69 Å². The normalized spacial score (nSPS) is 14.9. The number of halogens is 2. The summed E-state index contributed by atoms with van der Waals surface area (Å²) in [6, 6.07) is 6.63. The summed E-state index contributed by atoms with van der Waals surface area (Å²) in [7, 11) is -3.53. The average Bonchev–Trinajstić information content (AvgIpc) is 3.11. The van der Waals surface area contributed by atoms with Crippen molar-refractivity contribution in [3.8, 4) is 0 Å². The smallest absolute Gasteiger partial charge is 0.255 e. The number of benzene rings is 1. The lowest BCUT2D eigenvalue weighted by molar-refractivity contribution is 0.102. The van der Waals surface area contributed by atoms with Crippen molar-refractivity contribution < 1.29 is 17.6 Å². The van der Waals surface area contributed by atoms with E-state index in [1.807, 2.05) is 0 Å². The average molecular weight is 412 g/mol. The molecule has 144 valence electrons. The van der Waals surface area contributed by atoms with E-state index in [2.05, 4.69) is 10.3 Å². The zero-order valence-corrected chi connectivity index (χ0v) is 16.2. The number of rotatable bonds is 5. The van der Waals surface area contributed by atoms with Crippen LogP contribution in [0, 0.1) is 5.82 Å². The molecular formula is C18H19ClFN3O3S. The van der Waals surface area contributed by atoms with Gasteiger partial charge in [0.2, 0.25) is 10.0 Å². The minimum absolute atomic E-state index is 0.104. The molecule has 1 amide bonds. The van der Waals surface area contributed by atoms with E-state index in [0.717, 1.165) is 38.0 Å². The van der Waals surface area contributed by atoms with E-state index in [-0.39, 0.29) is 22.4 Å². The second-order valence-electron chi connectivity index (χ2n) is 6.48. The molecule has 0 spiro atoms. The molecule has 0 saturated heterocycles. The van der Waals surface area contributed by atoms with Gasteiger partial charge in [-0.15, -0.1) is 0 Å². The third-order valence-corrected chi connectivity index (χ3v) is 5.91. The fourth-order valence-corrected chi connectivity index (χ4v) is 4.60. The lowest BCUT2D eigenvalue weighted by Gasteiger charge is -2.27. The predicted octanol–water partition coefficient (Wildman–Crippen LogP) is 3.84. The van der Waals surface area contributed by atoms with E-state index in [9.17, 15) is 17.6 Å². The molecule has 1 heterocycles. The number of nitrogens with zero attached hydrogens (tertiary/aromatic N) is 2. The Morgan fingerprint density at radius 2 is 1.96 bits per heavy atom. The van der Waals surface area contributed by atoms with Crippen molar-refractivity contribution in [2.45, 2.75) is 31.7 Å². The molecule has 1 saturated carbocycles. The van der Waals surface area contributed by atoms with Crippen LogP contribution in [-0.2, 0) is 10.0 Å². The summed E-state index contributed by atoms with van der Waals surface area (Å²) in [5.74, 6) is -0.836. The fraction of sp³-hybridized carbons (Fsp3) is 0.333. The molecule has 9 heteroatoms. The summed E-state index contributed by atoms with van der Waals surface area (Å²) in [5, 5.41) is 2.51. The largest absolute Gasteiger partial charge is 0.322 e. The van der Waals surface area contributed by atoms with Crippen LogP contribution in [0.15, 0.2) is 36.5 Å². The number of nitrogens with one attached hydrogen (secondary N) is 1. The van der Waals surface area contributed by atoms with Crippen molar-refractivity contribution in [1.29, 1.82) is 0 Å². The van der Waals surface area contributed by atoms with Crippen LogP contribution in [0.5, 0.6) is 0 Å². The van der Waals surface area contributed by atoms with Crippen LogP contribution >= 0.6 is 11.6 Å². The number of carbonyl (C=O) groups is 1. The molecule has 6 nitrogen and oxygen atoms in total. The minimum Gasteiger partial charge on any atom is -0.322 e. The Bertz CT molecular complexity index is 962. The Labute approximate surface area is 162 Å². The highest BCUT2D eigenvalue weighted by molar-refractivity contribution is 7.92. The van der Waals surface area contributed by atoms with Gasteiger partial charge in [-0.05, 0) is 43.2 Å². The van der Waals surface area contributed by atoms with E-state index < -0.39 is 21.7 Å². The first kappa shape index (κ1) is 19.6. The summed E-state index contributed by atoms with van der Waals surface area (Å²) in [6.07, 6.45) is 5.98. The van der Waals surface area contributed by atoms with Gasteiger partial charge in [-0.3, -0.25) is 9.10 Å². The molecule has 0 bridgehead atoms. The van der Waals surface area contributed by atoms with Crippen LogP contribution < -0.4 is 9.62 Å². The van der Waals surface area contributed by atoms with Crippen molar-refractivity contribution in [1.82, 2.24) is 4.98 Å². The quantitative estimate of drug-likeness (QED) is 0.810. The second-order valence-corrected chi connectivity index (χ2v) is 8.75. The first-order valence-corrected chi connectivity index (χ1v) is 10.7. The molecule has 0 unspecified atom stereocenters. The number of amides is 1. The molecule has 1 aromatic heterocycles. The number of hydrogen-bond acceptors (Lipinski definition) is 4. The number of sulfonamides is 1. The van der Waals surface area contributed by atoms with Crippen LogP contribution in [-0.4, -0.2) is 31.6 Å². The second kappa shape index (κ2) is 7.82. The molecule has 27 heavy (non-hydrogen) atoms. The summed E-state index contributed by atoms with van der Waals surface area (Å²) >= 11 is 5.72. The van der Waals surface area contributed by atoms with Gasteiger partial charge in [-0.2, -0.15) is 0 Å². The molecule has 0 atom stereocenters. The Hall–Kier alpha value is -2.19. The lowest BCUT2D eigenvalue weighted by atomic mass is 10.2. The molecule has 2 aromatic rings. The number of hydrogen-bond donors (Lipinski definition) is 1. The first-order valence-electron chi connectivity index (χ1n) is 8.47. The van der Waals surface area contributed by atoms with Crippen molar-refractivity contribution >= 4 is 39.0 Å². The molecule has 1 N–H and O–H groups in total. The Kier molecular flexibility index (Phi) is 5.67. The summed E-state index contributed by atoms with van der Waals surface area (Å²) in [6.45, 7) is 0. The first-order chi connectivity index (χ1) is 12.8. The van der Waals surface area contributed by atoms with E-state index in [4.69, 9.17) is 11.6 Å².